The van der Waals surface area contributed by atoms with E-state index < -0.39 is 34.0 Å². The molecule has 1 fully saturated rings. The van der Waals surface area contributed by atoms with E-state index in [2.05, 4.69) is 14.1 Å². The van der Waals surface area contributed by atoms with E-state index in [4.69, 9.17) is 13.7 Å². The third kappa shape index (κ3) is 3.07. The highest BCUT2D eigenvalue weighted by Crippen LogP contribution is 2.63. The summed E-state index contributed by atoms with van der Waals surface area (Å²) in [6.45, 7) is 0.860. The summed E-state index contributed by atoms with van der Waals surface area (Å²) in [5.41, 5.74) is 1.91. The maximum atomic E-state index is 12.8. The van der Waals surface area contributed by atoms with Gasteiger partial charge in [-0.3, -0.25) is 4.18 Å². The first-order chi connectivity index (χ1) is 16.1. The van der Waals surface area contributed by atoms with Crippen LogP contribution in [0.5, 0.6) is 11.5 Å². The molecule has 8 nitrogen and oxygen atoms in total. The number of hydrogen-bond donors (Lipinski definition) is 0. The van der Waals surface area contributed by atoms with E-state index in [1.165, 1.54) is 0 Å². The Bertz CT molecular complexity index is 1320. The monoisotopic (exact) mass is 483 g/mol. The largest absolute Gasteiger partial charge is 0.726 e. The fraction of sp³-hybridized carbons (Fsp3) is 0.400. The van der Waals surface area contributed by atoms with Gasteiger partial charge in [0.05, 0.1) is 31.6 Å². The molecule has 0 N–H and O–H groups in total. The molecule has 2 aliphatic carbocycles. The molecule has 2 aromatic carbocycles. The van der Waals surface area contributed by atoms with Gasteiger partial charge in [-0.1, -0.05) is 36.4 Å². The standard InChI is InChI=1S/C25H25NO7S/c1-26(2)13-12-25-17-9-11-20(33-34(28,29)30)23(25)32-22-19(10-8-16(21(22)25)14-18(17)26)31-24(27)15-6-4-3-5-7-15/h3-11,17-18,20,23H,12-14H2,1-2H3/t17-,18+,20-,23-,25-/m0/s1. The lowest BCUT2D eigenvalue weighted by molar-refractivity contribution is -0.926. The number of ether oxygens (including phenoxy) is 2. The predicted molar refractivity (Wildman–Crippen MR) is 120 cm³/mol. The van der Waals surface area contributed by atoms with Gasteiger partial charge in [-0.05, 0) is 23.8 Å². The molecule has 2 bridgehead atoms. The first kappa shape index (κ1) is 21.8. The molecule has 2 aliphatic heterocycles. The minimum atomic E-state index is -4.95. The summed E-state index contributed by atoms with van der Waals surface area (Å²) < 4.78 is 52.5. The van der Waals surface area contributed by atoms with Crippen molar-refractivity contribution < 1.29 is 35.9 Å². The van der Waals surface area contributed by atoms with Gasteiger partial charge in [0.25, 0.3) is 0 Å². The molecule has 9 heteroatoms. The van der Waals surface area contributed by atoms with Crippen LogP contribution in [0.15, 0.2) is 54.6 Å². The van der Waals surface area contributed by atoms with Crippen molar-refractivity contribution in [3.8, 4) is 11.5 Å². The molecule has 6 rings (SSSR count). The van der Waals surface area contributed by atoms with Crippen LogP contribution in [0.4, 0.5) is 0 Å². The van der Waals surface area contributed by atoms with Crippen molar-refractivity contribution in [3.05, 3.63) is 71.3 Å². The number of likely N-dealkylation sites (tertiary alicyclic amines) is 1. The van der Waals surface area contributed by atoms with E-state index >= 15 is 0 Å². The molecular weight excluding hydrogens is 458 g/mol. The van der Waals surface area contributed by atoms with E-state index in [0.29, 0.717) is 11.3 Å². The van der Waals surface area contributed by atoms with Gasteiger partial charge >= 0.3 is 5.97 Å². The molecule has 2 heterocycles. The Hall–Kier alpha value is -2.72. The van der Waals surface area contributed by atoms with E-state index in [0.717, 1.165) is 35.0 Å². The second-order valence-corrected chi connectivity index (χ2v) is 11.2. The van der Waals surface area contributed by atoms with Crippen molar-refractivity contribution >= 4 is 16.4 Å². The fourth-order valence-corrected chi connectivity index (χ4v) is 7.04. The second kappa shape index (κ2) is 7.14. The number of rotatable bonds is 4. The second-order valence-electron chi connectivity index (χ2n) is 10.2. The van der Waals surface area contributed by atoms with Gasteiger partial charge in [0.1, 0.15) is 18.2 Å². The number of benzene rings is 2. The van der Waals surface area contributed by atoms with Gasteiger partial charge in [-0.2, -0.15) is 0 Å². The summed E-state index contributed by atoms with van der Waals surface area (Å²) in [7, 11) is -0.526. The fourth-order valence-electron chi connectivity index (χ4n) is 6.61. The number of hydrogen-bond acceptors (Lipinski definition) is 7. The van der Waals surface area contributed by atoms with Crippen LogP contribution in [0, 0.1) is 5.92 Å². The average Bonchev–Trinajstić information content (AvgIpc) is 3.14. The van der Waals surface area contributed by atoms with Crippen molar-refractivity contribution in [1.29, 1.82) is 0 Å². The third-order valence-corrected chi connectivity index (χ3v) is 8.57. The molecule has 0 unspecified atom stereocenters. The molecule has 1 spiro atoms. The van der Waals surface area contributed by atoms with Crippen molar-refractivity contribution in [2.24, 2.45) is 5.92 Å². The zero-order valence-corrected chi connectivity index (χ0v) is 19.7. The summed E-state index contributed by atoms with van der Waals surface area (Å²) >= 11 is 0. The summed E-state index contributed by atoms with van der Waals surface area (Å²) in [5.74, 6) is 0.302. The van der Waals surface area contributed by atoms with Crippen molar-refractivity contribution in [2.75, 3.05) is 20.6 Å². The summed E-state index contributed by atoms with van der Waals surface area (Å²) in [4.78, 5) is 12.8. The van der Waals surface area contributed by atoms with Crippen LogP contribution < -0.4 is 9.47 Å². The number of esters is 1. The zero-order valence-electron chi connectivity index (χ0n) is 18.8. The number of quaternary nitrogens is 1. The Balaban J connectivity index is 1.48. The van der Waals surface area contributed by atoms with E-state index in [1.54, 1.807) is 36.4 Å². The molecule has 4 aliphatic rings. The molecule has 178 valence electrons. The first-order valence-corrected chi connectivity index (χ1v) is 12.7. The van der Waals surface area contributed by atoms with Crippen LogP contribution in [-0.4, -0.2) is 62.3 Å². The molecule has 5 atom stereocenters. The number of nitrogens with zero attached hydrogens (tertiary/aromatic N) is 1. The SMILES string of the molecule is C[N+]1(C)CC[C@]23c4c5ccc(OC(=O)c6ccccc6)c4O[C@H]2[C@@H](OS(=O)(=O)[O-])C=C[C@H]3[C@H]1C5. The van der Waals surface area contributed by atoms with Gasteiger partial charge < -0.3 is 18.5 Å². The summed E-state index contributed by atoms with van der Waals surface area (Å²) in [6, 6.07) is 12.7. The Morgan fingerprint density at radius 2 is 1.91 bits per heavy atom. The smallest absolute Gasteiger partial charge is 0.343 e. The van der Waals surface area contributed by atoms with Gasteiger partial charge in [0, 0.05) is 24.3 Å². The molecule has 0 aromatic heterocycles. The first-order valence-electron chi connectivity index (χ1n) is 11.4. The molecule has 0 saturated carbocycles. The summed E-state index contributed by atoms with van der Waals surface area (Å²) in [6.07, 6.45) is 3.43. The van der Waals surface area contributed by atoms with E-state index in [1.807, 2.05) is 18.2 Å². The zero-order chi connectivity index (χ0) is 23.9. The average molecular weight is 484 g/mol. The molecule has 0 radical (unpaired) electrons. The van der Waals surface area contributed by atoms with Crippen molar-refractivity contribution in [1.82, 2.24) is 0 Å². The number of carbonyl (C=O) groups excluding carboxylic acids is 1. The van der Waals surface area contributed by atoms with Crippen LogP contribution in [0.1, 0.15) is 27.9 Å². The van der Waals surface area contributed by atoms with Gasteiger partial charge in [0.2, 0.25) is 10.4 Å². The highest BCUT2D eigenvalue weighted by atomic mass is 32.3. The van der Waals surface area contributed by atoms with Crippen molar-refractivity contribution in [2.45, 2.75) is 36.5 Å². The topological polar surface area (TPSA) is 102 Å². The highest BCUT2D eigenvalue weighted by Gasteiger charge is 2.68. The molecule has 2 aromatic rings. The Kier molecular flexibility index (Phi) is 4.58. The maximum Gasteiger partial charge on any atom is 0.343 e. The van der Waals surface area contributed by atoms with Gasteiger partial charge in [-0.25, -0.2) is 13.2 Å². The number of carbonyl (C=O) groups is 1. The molecule has 34 heavy (non-hydrogen) atoms. The van der Waals surface area contributed by atoms with Crippen LogP contribution in [0.25, 0.3) is 0 Å². The lowest BCUT2D eigenvalue weighted by atomic mass is 9.53. The Labute approximate surface area is 198 Å². The lowest BCUT2D eigenvalue weighted by Crippen LogP contribution is -2.70. The maximum absolute atomic E-state index is 12.8. The van der Waals surface area contributed by atoms with Crippen LogP contribution >= 0.6 is 0 Å². The number of likely N-dealkylation sites (N-methyl/N-ethyl adjacent to an activating group) is 1. The predicted octanol–water partition coefficient (Wildman–Crippen LogP) is 2.34. The van der Waals surface area contributed by atoms with E-state index in [9.17, 15) is 17.8 Å². The lowest BCUT2D eigenvalue weighted by Gasteiger charge is -2.58. The minimum absolute atomic E-state index is 0.0734. The van der Waals surface area contributed by atoms with Gasteiger partial charge in [-0.15, -0.1) is 0 Å². The normalized spacial score (nSPS) is 32.0. The van der Waals surface area contributed by atoms with E-state index in [-0.39, 0.29) is 17.7 Å². The highest BCUT2D eigenvalue weighted by molar-refractivity contribution is 7.80. The number of piperidine rings is 1. The molecular formula is C25H25NO7S. The van der Waals surface area contributed by atoms with Gasteiger partial charge in [0.15, 0.2) is 11.5 Å². The third-order valence-electron chi connectivity index (χ3n) is 8.11. The summed E-state index contributed by atoms with van der Waals surface area (Å²) in [5, 5.41) is 0. The van der Waals surface area contributed by atoms with Crippen LogP contribution in [-0.2, 0) is 26.4 Å². The molecule has 1 saturated heterocycles. The Morgan fingerprint density at radius 3 is 2.65 bits per heavy atom. The quantitative estimate of drug-likeness (QED) is 0.164. The van der Waals surface area contributed by atoms with Crippen molar-refractivity contribution in [3.63, 3.8) is 0 Å². The minimum Gasteiger partial charge on any atom is -0.726 e. The Morgan fingerprint density at radius 1 is 1.15 bits per heavy atom. The molecule has 0 amide bonds. The van der Waals surface area contributed by atoms with Crippen LogP contribution in [0.2, 0.25) is 0 Å². The van der Waals surface area contributed by atoms with Crippen LogP contribution in [0.3, 0.4) is 0 Å².